The predicted octanol–water partition coefficient (Wildman–Crippen LogP) is 2.96. The molecule has 7 nitrogen and oxygen atoms in total. The van der Waals surface area contributed by atoms with Gasteiger partial charge in [0.15, 0.2) is 11.5 Å². The number of nitrogens with zero attached hydrogens (tertiary/aromatic N) is 1. The summed E-state index contributed by atoms with van der Waals surface area (Å²) in [5, 5.41) is 9.35. The molecule has 1 saturated carbocycles. The Hall–Kier alpha value is -2.44. The molecule has 1 atom stereocenters. The summed E-state index contributed by atoms with van der Waals surface area (Å²) in [6, 6.07) is 2.27. The Labute approximate surface area is 153 Å². The Morgan fingerprint density at radius 2 is 1.58 bits per heavy atom. The lowest BCUT2D eigenvalue weighted by atomic mass is 10.1. The zero-order valence-corrected chi connectivity index (χ0v) is 15.8. The maximum atomic E-state index is 13.1. The van der Waals surface area contributed by atoms with Gasteiger partial charge in [0.2, 0.25) is 5.75 Å². The lowest BCUT2D eigenvalue weighted by Crippen LogP contribution is -2.44. The molecule has 1 aromatic carbocycles. The number of benzene rings is 1. The van der Waals surface area contributed by atoms with Gasteiger partial charge in [0.1, 0.15) is 6.04 Å². The molecule has 0 bridgehead atoms. The van der Waals surface area contributed by atoms with Gasteiger partial charge >= 0.3 is 5.97 Å². The van der Waals surface area contributed by atoms with Crippen LogP contribution >= 0.6 is 0 Å². The van der Waals surface area contributed by atoms with Crippen LogP contribution in [0, 0.1) is 0 Å². The summed E-state index contributed by atoms with van der Waals surface area (Å²) in [5.41, 5.74) is 0.334. The number of hydrogen-bond donors (Lipinski definition) is 1. The number of carbonyl (C=O) groups is 2. The number of rotatable bonds is 10. The highest BCUT2D eigenvalue weighted by Gasteiger charge is 2.39. The molecule has 1 aliphatic carbocycles. The quantitative estimate of drug-likeness (QED) is 0.686. The molecule has 7 heteroatoms. The first-order valence-corrected chi connectivity index (χ1v) is 9.06. The molecule has 0 spiro atoms. The monoisotopic (exact) mass is 365 g/mol. The predicted molar refractivity (Wildman–Crippen MR) is 96.2 cm³/mol. The van der Waals surface area contributed by atoms with Crippen LogP contribution in [0.5, 0.6) is 17.2 Å². The minimum absolute atomic E-state index is 0.0359. The number of ether oxygens (including phenoxy) is 3. The molecule has 2 rings (SSSR count). The molecule has 1 amide bonds. The second-order valence-electron chi connectivity index (χ2n) is 6.06. The van der Waals surface area contributed by atoms with Crippen molar-refractivity contribution in [2.45, 2.75) is 52.6 Å². The molecular formula is C19H27NO6. The molecule has 1 fully saturated rings. The summed E-state index contributed by atoms with van der Waals surface area (Å²) in [6.45, 7) is 8.30. The third-order valence-corrected chi connectivity index (χ3v) is 4.11. The van der Waals surface area contributed by atoms with Crippen LogP contribution in [-0.2, 0) is 4.79 Å². The van der Waals surface area contributed by atoms with Crippen molar-refractivity contribution in [1.82, 2.24) is 4.90 Å². The van der Waals surface area contributed by atoms with Crippen LogP contribution in [0.25, 0.3) is 0 Å². The Kier molecular flexibility index (Phi) is 6.71. The smallest absolute Gasteiger partial charge is 0.326 e. The number of aliphatic carboxylic acids is 1. The van der Waals surface area contributed by atoms with E-state index in [0.29, 0.717) is 42.6 Å². The summed E-state index contributed by atoms with van der Waals surface area (Å²) in [6.07, 6.45) is 1.63. The van der Waals surface area contributed by atoms with E-state index in [1.54, 1.807) is 12.1 Å². The molecule has 0 aliphatic heterocycles. The van der Waals surface area contributed by atoms with E-state index in [2.05, 4.69) is 0 Å². The summed E-state index contributed by atoms with van der Waals surface area (Å²) in [4.78, 5) is 25.9. The first-order valence-electron chi connectivity index (χ1n) is 9.06. The summed E-state index contributed by atoms with van der Waals surface area (Å²) in [7, 11) is 0. The molecule has 1 aromatic rings. The van der Waals surface area contributed by atoms with Crippen LogP contribution in [0.4, 0.5) is 0 Å². The Morgan fingerprint density at radius 1 is 1.08 bits per heavy atom. The van der Waals surface area contributed by atoms with Crippen LogP contribution in [0.2, 0.25) is 0 Å². The topological polar surface area (TPSA) is 85.3 Å². The van der Waals surface area contributed by atoms with Gasteiger partial charge in [-0.15, -0.1) is 0 Å². The number of carboxylic acids is 1. The van der Waals surface area contributed by atoms with Crippen molar-refractivity contribution in [3.8, 4) is 17.2 Å². The van der Waals surface area contributed by atoms with Gasteiger partial charge in [-0.1, -0.05) is 0 Å². The third-order valence-electron chi connectivity index (χ3n) is 4.11. The third kappa shape index (κ3) is 4.39. The molecule has 1 unspecified atom stereocenters. The van der Waals surface area contributed by atoms with E-state index in [1.807, 2.05) is 20.8 Å². The highest BCUT2D eigenvalue weighted by atomic mass is 16.5. The van der Waals surface area contributed by atoms with Gasteiger partial charge in [-0.25, -0.2) is 4.79 Å². The van der Waals surface area contributed by atoms with Crippen molar-refractivity contribution in [1.29, 1.82) is 0 Å². The Balaban J connectivity index is 2.46. The number of carboxylic acid groups (broad SMARTS) is 1. The number of hydrogen-bond acceptors (Lipinski definition) is 5. The van der Waals surface area contributed by atoms with Crippen LogP contribution in [0.3, 0.4) is 0 Å². The van der Waals surface area contributed by atoms with Gasteiger partial charge in [-0.05, 0) is 52.7 Å². The van der Waals surface area contributed by atoms with Crippen LogP contribution in [-0.4, -0.2) is 53.8 Å². The van der Waals surface area contributed by atoms with Crippen molar-refractivity contribution >= 4 is 11.9 Å². The van der Waals surface area contributed by atoms with Gasteiger partial charge in [0, 0.05) is 11.6 Å². The average Bonchev–Trinajstić information content (AvgIpc) is 3.42. The Bertz CT molecular complexity index is 628. The van der Waals surface area contributed by atoms with E-state index in [4.69, 9.17) is 14.2 Å². The maximum Gasteiger partial charge on any atom is 0.326 e. The standard InChI is InChI=1S/C19H27NO6/c1-5-24-15-10-13(11-16(25-6-2)17(15)26-7-3)18(21)20(14-8-9-14)12(4)19(22)23/h10-12,14H,5-9H2,1-4H3,(H,22,23). The highest BCUT2D eigenvalue weighted by Crippen LogP contribution is 2.40. The first kappa shape index (κ1) is 19.9. The van der Waals surface area contributed by atoms with Crippen molar-refractivity contribution < 1.29 is 28.9 Å². The minimum Gasteiger partial charge on any atom is -0.490 e. The van der Waals surface area contributed by atoms with E-state index in [1.165, 1.54) is 11.8 Å². The van der Waals surface area contributed by atoms with Gasteiger partial charge in [-0.3, -0.25) is 4.79 Å². The summed E-state index contributed by atoms with van der Waals surface area (Å²) < 4.78 is 16.9. The van der Waals surface area contributed by atoms with Crippen LogP contribution in [0.15, 0.2) is 12.1 Å². The summed E-state index contributed by atoms with van der Waals surface area (Å²) in [5.74, 6) is -0.0691. The van der Waals surface area contributed by atoms with E-state index in [-0.39, 0.29) is 11.9 Å². The SMILES string of the molecule is CCOc1cc(C(=O)N(C2CC2)C(C)C(=O)O)cc(OCC)c1OCC. The highest BCUT2D eigenvalue weighted by molar-refractivity contribution is 5.98. The zero-order valence-electron chi connectivity index (χ0n) is 15.8. The fourth-order valence-corrected chi connectivity index (χ4v) is 2.79. The van der Waals surface area contributed by atoms with E-state index in [9.17, 15) is 14.7 Å². The van der Waals surface area contributed by atoms with Crippen molar-refractivity contribution in [2.24, 2.45) is 0 Å². The molecule has 0 saturated heterocycles. The maximum absolute atomic E-state index is 13.1. The van der Waals surface area contributed by atoms with Crippen molar-refractivity contribution in [3.05, 3.63) is 17.7 Å². The number of carbonyl (C=O) groups excluding carboxylic acids is 1. The lowest BCUT2D eigenvalue weighted by molar-refractivity contribution is -0.141. The van der Waals surface area contributed by atoms with E-state index in [0.717, 1.165) is 12.8 Å². The minimum atomic E-state index is -1.02. The van der Waals surface area contributed by atoms with Crippen molar-refractivity contribution in [2.75, 3.05) is 19.8 Å². The van der Waals surface area contributed by atoms with Gasteiger partial charge in [0.05, 0.1) is 19.8 Å². The van der Waals surface area contributed by atoms with Gasteiger partial charge < -0.3 is 24.2 Å². The molecule has 0 aromatic heterocycles. The van der Waals surface area contributed by atoms with E-state index < -0.39 is 12.0 Å². The van der Waals surface area contributed by atoms with Gasteiger partial charge in [-0.2, -0.15) is 0 Å². The fraction of sp³-hybridized carbons (Fsp3) is 0.579. The fourth-order valence-electron chi connectivity index (χ4n) is 2.79. The van der Waals surface area contributed by atoms with Gasteiger partial charge in [0.25, 0.3) is 5.91 Å². The Morgan fingerprint density at radius 3 is 1.96 bits per heavy atom. The first-order chi connectivity index (χ1) is 12.4. The lowest BCUT2D eigenvalue weighted by Gasteiger charge is -2.27. The normalized spacial score (nSPS) is 14.5. The molecule has 144 valence electrons. The number of amides is 1. The van der Waals surface area contributed by atoms with Crippen LogP contribution < -0.4 is 14.2 Å². The van der Waals surface area contributed by atoms with E-state index >= 15 is 0 Å². The molecular weight excluding hydrogens is 338 g/mol. The zero-order chi connectivity index (χ0) is 19.3. The molecule has 1 aliphatic rings. The molecule has 0 heterocycles. The molecule has 26 heavy (non-hydrogen) atoms. The van der Waals surface area contributed by atoms with Crippen molar-refractivity contribution in [3.63, 3.8) is 0 Å². The molecule has 1 N–H and O–H groups in total. The second kappa shape index (κ2) is 8.78. The molecule has 0 radical (unpaired) electrons. The second-order valence-corrected chi connectivity index (χ2v) is 6.06. The largest absolute Gasteiger partial charge is 0.490 e. The van der Waals surface area contributed by atoms with Crippen LogP contribution in [0.1, 0.15) is 50.9 Å². The average molecular weight is 365 g/mol. The summed E-state index contributed by atoms with van der Waals surface area (Å²) >= 11 is 0.